The molecule has 1 aromatic rings. The van der Waals surface area contributed by atoms with E-state index in [-0.39, 0.29) is 18.2 Å². The molecule has 92 valence electrons. The smallest absolute Gasteiger partial charge is 0.306 e. The molecule has 0 spiro atoms. The fourth-order valence-corrected chi connectivity index (χ4v) is 2.32. The summed E-state index contributed by atoms with van der Waals surface area (Å²) in [7, 11) is 1.30. The van der Waals surface area contributed by atoms with Crippen molar-refractivity contribution in [3.63, 3.8) is 0 Å². The summed E-state index contributed by atoms with van der Waals surface area (Å²) >= 11 is 1.15. The fourth-order valence-electron chi connectivity index (χ4n) is 1.27. The van der Waals surface area contributed by atoms with Crippen LogP contribution in [0.15, 0.2) is 23.1 Å². The number of halogens is 1. The summed E-state index contributed by atoms with van der Waals surface area (Å²) in [6, 6.07) is 4.37. The predicted octanol–water partition coefficient (Wildman–Crippen LogP) is 2.68. The standard InChI is InChI=1S/C12H13FO3S/c1-8(14)9-4-3-5-10(13)12(9)17-7-6-11(15)16-2/h3-5H,6-7H2,1-2H3. The van der Waals surface area contributed by atoms with Crippen molar-refractivity contribution < 1.29 is 18.7 Å². The van der Waals surface area contributed by atoms with E-state index < -0.39 is 5.82 Å². The number of thioether (sulfide) groups is 1. The van der Waals surface area contributed by atoms with Crippen molar-refractivity contribution in [1.82, 2.24) is 0 Å². The molecule has 1 rings (SSSR count). The number of esters is 1. The largest absolute Gasteiger partial charge is 0.469 e. The SMILES string of the molecule is COC(=O)CCSc1c(F)cccc1C(C)=O. The first-order valence-corrected chi connectivity index (χ1v) is 6.04. The van der Waals surface area contributed by atoms with Gasteiger partial charge in [0.1, 0.15) is 5.82 Å². The van der Waals surface area contributed by atoms with Crippen LogP contribution in [-0.2, 0) is 9.53 Å². The number of rotatable bonds is 5. The highest BCUT2D eigenvalue weighted by Crippen LogP contribution is 2.27. The van der Waals surface area contributed by atoms with Crippen LogP contribution >= 0.6 is 11.8 Å². The Hall–Kier alpha value is -1.36. The van der Waals surface area contributed by atoms with Gasteiger partial charge in [-0.05, 0) is 13.0 Å². The number of carbonyl (C=O) groups is 2. The van der Waals surface area contributed by atoms with Gasteiger partial charge in [-0.3, -0.25) is 9.59 Å². The molecule has 0 heterocycles. The fraction of sp³-hybridized carbons (Fsp3) is 0.333. The summed E-state index contributed by atoms with van der Waals surface area (Å²) in [6.45, 7) is 1.39. The Bertz CT molecular complexity index is 432. The van der Waals surface area contributed by atoms with E-state index in [9.17, 15) is 14.0 Å². The van der Waals surface area contributed by atoms with E-state index >= 15 is 0 Å². The Labute approximate surface area is 103 Å². The molecule has 5 heteroatoms. The third-order valence-corrected chi connectivity index (χ3v) is 3.24. The van der Waals surface area contributed by atoms with E-state index in [0.29, 0.717) is 16.2 Å². The van der Waals surface area contributed by atoms with Crippen molar-refractivity contribution in [1.29, 1.82) is 0 Å². The number of benzene rings is 1. The van der Waals surface area contributed by atoms with Gasteiger partial charge in [0.25, 0.3) is 0 Å². The molecule has 0 unspecified atom stereocenters. The summed E-state index contributed by atoms with van der Waals surface area (Å²) in [4.78, 5) is 22.5. The molecule has 0 saturated carbocycles. The molecular weight excluding hydrogens is 243 g/mol. The second-order valence-corrected chi connectivity index (χ2v) is 4.45. The number of ether oxygens (including phenoxy) is 1. The van der Waals surface area contributed by atoms with Crippen molar-refractivity contribution in [2.24, 2.45) is 0 Å². The van der Waals surface area contributed by atoms with Gasteiger partial charge < -0.3 is 4.74 Å². The summed E-state index contributed by atoms with van der Waals surface area (Å²) in [5.74, 6) is -0.593. The topological polar surface area (TPSA) is 43.4 Å². The molecule has 0 atom stereocenters. The van der Waals surface area contributed by atoms with Crippen molar-refractivity contribution in [2.75, 3.05) is 12.9 Å². The second kappa shape index (κ2) is 6.39. The first kappa shape index (κ1) is 13.7. The van der Waals surface area contributed by atoms with Crippen LogP contribution in [0, 0.1) is 5.82 Å². The molecule has 0 radical (unpaired) electrons. The number of ketones is 1. The summed E-state index contributed by atoms with van der Waals surface area (Å²) in [6.07, 6.45) is 0.187. The van der Waals surface area contributed by atoms with E-state index in [1.807, 2.05) is 0 Å². The van der Waals surface area contributed by atoms with Gasteiger partial charge in [-0.2, -0.15) is 0 Å². The minimum absolute atomic E-state index is 0.187. The van der Waals surface area contributed by atoms with Crippen LogP contribution in [-0.4, -0.2) is 24.6 Å². The number of carbonyl (C=O) groups excluding carboxylic acids is 2. The zero-order valence-electron chi connectivity index (χ0n) is 9.66. The highest BCUT2D eigenvalue weighted by molar-refractivity contribution is 7.99. The van der Waals surface area contributed by atoms with Gasteiger partial charge in [-0.15, -0.1) is 11.8 Å². The van der Waals surface area contributed by atoms with Crippen LogP contribution in [0.1, 0.15) is 23.7 Å². The van der Waals surface area contributed by atoms with Crippen LogP contribution in [0.4, 0.5) is 4.39 Å². The summed E-state index contributed by atoms with van der Waals surface area (Å²) in [5.41, 5.74) is 0.347. The maximum atomic E-state index is 13.5. The zero-order chi connectivity index (χ0) is 12.8. The van der Waals surface area contributed by atoms with Crippen molar-refractivity contribution >= 4 is 23.5 Å². The van der Waals surface area contributed by atoms with Crippen molar-refractivity contribution in [3.05, 3.63) is 29.6 Å². The van der Waals surface area contributed by atoms with Gasteiger partial charge in [-0.25, -0.2) is 4.39 Å². The lowest BCUT2D eigenvalue weighted by Crippen LogP contribution is -2.03. The van der Waals surface area contributed by atoms with Crippen LogP contribution < -0.4 is 0 Å². The van der Waals surface area contributed by atoms with Crippen LogP contribution in [0.5, 0.6) is 0 Å². The van der Waals surface area contributed by atoms with Crippen molar-refractivity contribution in [3.8, 4) is 0 Å². The minimum atomic E-state index is -0.437. The Kier molecular flexibility index (Phi) is 5.15. The molecule has 17 heavy (non-hydrogen) atoms. The van der Waals surface area contributed by atoms with E-state index in [2.05, 4.69) is 4.74 Å². The normalized spacial score (nSPS) is 10.1. The summed E-state index contributed by atoms with van der Waals surface area (Å²) in [5, 5.41) is 0. The molecule has 1 aromatic carbocycles. The number of Topliss-reactive ketones (excluding diaryl/α,β-unsaturated/α-hetero) is 1. The highest BCUT2D eigenvalue weighted by Gasteiger charge is 2.13. The molecule has 0 N–H and O–H groups in total. The third kappa shape index (κ3) is 3.85. The lowest BCUT2D eigenvalue weighted by Gasteiger charge is -2.07. The van der Waals surface area contributed by atoms with Gasteiger partial charge in [0.2, 0.25) is 0 Å². The highest BCUT2D eigenvalue weighted by atomic mass is 32.2. The molecule has 0 saturated heterocycles. The monoisotopic (exact) mass is 256 g/mol. The summed E-state index contributed by atoms with van der Waals surface area (Å²) < 4.78 is 18.0. The van der Waals surface area contributed by atoms with Gasteiger partial charge in [0.15, 0.2) is 5.78 Å². The Morgan fingerprint density at radius 1 is 1.41 bits per heavy atom. The predicted molar refractivity (Wildman–Crippen MR) is 63.8 cm³/mol. The molecule has 0 amide bonds. The average molecular weight is 256 g/mol. The number of hydrogen-bond donors (Lipinski definition) is 0. The van der Waals surface area contributed by atoms with E-state index in [1.54, 1.807) is 6.07 Å². The zero-order valence-corrected chi connectivity index (χ0v) is 10.5. The lowest BCUT2D eigenvalue weighted by molar-refractivity contribution is -0.140. The first-order chi connectivity index (χ1) is 8.06. The van der Waals surface area contributed by atoms with E-state index in [1.165, 1.54) is 26.2 Å². The Morgan fingerprint density at radius 2 is 2.12 bits per heavy atom. The maximum Gasteiger partial charge on any atom is 0.306 e. The van der Waals surface area contributed by atoms with Crippen LogP contribution in [0.25, 0.3) is 0 Å². The van der Waals surface area contributed by atoms with E-state index in [0.717, 1.165) is 11.8 Å². The maximum absolute atomic E-state index is 13.5. The number of hydrogen-bond acceptors (Lipinski definition) is 4. The van der Waals surface area contributed by atoms with Crippen LogP contribution in [0.3, 0.4) is 0 Å². The third-order valence-electron chi connectivity index (χ3n) is 2.13. The second-order valence-electron chi connectivity index (χ2n) is 3.35. The molecule has 0 aliphatic rings. The molecular formula is C12H13FO3S. The Morgan fingerprint density at radius 3 is 2.71 bits per heavy atom. The lowest BCUT2D eigenvalue weighted by atomic mass is 10.1. The molecule has 0 aliphatic heterocycles. The molecule has 0 aliphatic carbocycles. The van der Waals surface area contributed by atoms with Crippen LogP contribution in [0.2, 0.25) is 0 Å². The number of methoxy groups -OCH3 is 1. The quantitative estimate of drug-likeness (QED) is 0.461. The van der Waals surface area contributed by atoms with Gasteiger partial charge in [0, 0.05) is 11.3 Å². The molecule has 0 fully saturated rings. The van der Waals surface area contributed by atoms with Crippen molar-refractivity contribution in [2.45, 2.75) is 18.2 Å². The minimum Gasteiger partial charge on any atom is -0.469 e. The molecule has 0 bridgehead atoms. The average Bonchev–Trinajstić information content (AvgIpc) is 2.30. The van der Waals surface area contributed by atoms with Gasteiger partial charge in [0.05, 0.1) is 18.4 Å². The molecule has 0 aromatic heterocycles. The van der Waals surface area contributed by atoms with Gasteiger partial charge in [-0.1, -0.05) is 12.1 Å². The first-order valence-electron chi connectivity index (χ1n) is 5.05. The molecule has 3 nitrogen and oxygen atoms in total. The van der Waals surface area contributed by atoms with E-state index in [4.69, 9.17) is 0 Å². The van der Waals surface area contributed by atoms with Gasteiger partial charge >= 0.3 is 5.97 Å². The Balaban J connectivity index is 2.76.